The maximum Gasteiger partial charge on any atom is 0.0541 e. The van der Waals surface area contributed by atoms with E-state index < -0.39 is 0 Å². The Morgan fingerprint density at radius 2 is 0.850 bits per heavy atom. The van der Waals surface area contributed by atoms with Gasteiger partial charge in [-0.1, -0.05) is 127 Å². The number of aryl methyl sites for hydroxylation is 1. The molecule has 0 atom stereocenters. The van der Waals surface area contributed by atoms with Crippen molar-refractivity contribution in [2.45, 2.75) is 6.92 Å². The van der Waals surface area contributed by atoms with Crippen LogP contribution in [0.1, 0.15) is 5.56 Å². The Morgan fingerprint density at radius 1 is 0.375 bits per heavy atom. The summed E-state index contributed by atoms with van der Waals surface area (Å²) in [6.45, 7) is 2.18. The number of para-hydroxylation sites is 2. The molecule has 1 nitrogen and oxygen atoms in total. The highest BCUT2D eigenvalue weighted by atomic mass is 15.0. The number of nitrogens with zero attached hydrogens (tertiary/aromatic N) is 1. The third kappa shape index (κ3) is 3.41. The first kappa shape index (κ1) is 22.8. The van der Waals surface area contributed by atoms with Crippen molar-refractivity contribution >= 4 is 43.4 Å². The van der Waals surface area contributed by atoms with Crippen LogP contribution in [0.3, 0.4) is 0 Å². The van der Waals surface area contributed by atoms with Crippen LogP contribution in [0.2, 0.25) is 0 Å². The van der Waals surface area contributed by atoms with Crippen LogP contribution < -0.4 is 0 Å². The molecule has 0 aliphatic carbocycles. The molecule has 0 fully saturated rings. The minimum Gasteiger partial charge on any atom is -0.309 e. The molecule has 7 aromatic carbocycles. The number of benzene rings is 7. The molecule has 188 valence electrons. The Bertz CT molecular complexity index is 2150. The molecule has 1 aromatic heterocycles. The topological polar surface area (TPSA) is 4.93 Å². The van der Waals surface area contributed by atoms with Crippen molar-refractivity contribution in [3.05, 3.63) is 151 Å². The van der Waals surface area contributed by atoms with Crippen LogP contribution in [-0.2, 0) is 0 Å². The second-order valence-corrected chi connectivity index (χ2v) is 10.6. The van der Waals surface area contributed by atoms with Gasteiger partial charge in [-0.25, -0.2) is 0 Å². The average Bonchev–Trinajstić information content (AvgIpc) is 3.35. The maximum absolute atomic E-state index is 2.38. The van der Waals surface area contributed by atoms with E-state index in [0.717, 1.165) is 0 Å². The summed E-state index contributed by atoms with van der Waals surface area (Å²) in [5.41, 5.74) is 9.99. The van der Waals surface area contributed by atoms with E-state index in [0.29, 0.717) is 0 Å². The normalized spacial score (nSPS) is 11.6. The third-order valence-electron chi connectivity index (χ3n) is 8.24. The molecule has 0 radical (unpaired) electrons. The van der Waals surface area contributed by atoms with E-state index in [2.05, 4.69) is 157 Å². The van der Waals surface area contributed by atoms with E-state index in [1.54, 1.807) is 0 Å². The van der Waals surface area contributed by atoms with Crippen LogP contribution in [0, 0.1) is 6.92 Å². The van der Waals surface area contributed by atoms with Gasteiger partial charge < -0.3 is 4.57 Å². The molecule has 8 rings (SSSR count). The van der Waals surface area contributed by atoms with E-state index in [4.69, 9.17) is 0 Å². The summed E-state index contributed by atoms with van der Waals surface area (Å²) in [6, 6.07) is 53.1. The standard InChI is InChI=1S/C39H27N/c1-26-19-24-34-35(25-26)39(27-11-3-2-4-12-27)33-16-6-5-15-32(33)38(34)28-20-22-29(23-21-28)40-36-17-9-7-13-30(36)31-14-8-10-18-37(31)40/h2-25H,1H3. The van der Waals surface area contributed by atoms with Crippen molar-refractivity contribution in [1.82, 2.24) is 4.57 Å². The summed E-state index contributed by atoms with van der Waals surface area (Å²) < 4.78 is 2.38. The minimum absolute atomic E-state index is 1.17. The molecule has 1 heterocycles. The van der Waals surface area contributed by atoms with Gasteiger partial charge in [0.2, 0.25) is 0 Å². The minimum atomic E-state index is 1.17. The Balaban J connectivity index is 1.39. The van der Waals surface area contributed by atoms with Gasteiger partial charge in [0.05, 0.1) is 11.0 Å². The zero-order chi connectivity index (χ0) is 26.6. The summed E-state index contributed by atoms with van der Waals surface area (Å²) in [6.07, 6.45) is 0. The van der Waals surface area contributed by atoms with E-state index in [1.807, 2.05) is 0 Å². The molecule has 0 aliphatic rings. The second kappa shape index (κ2) is 8.97. The fraction of sp³-hybridized carbons (Fsp3) is 0.0256. The summed E-state index contributed by atoms with van der Waals surface area (Å²) in [5, 5.41) is 7.71. The van der Waals surface area contributed by atoms with Crippen LogP contribution in [0.25, 0.3) is 71.3 Å². The maximum atomic E-state index is 2.38. The van der Waals surface area contributed by atoms with Gasteiger partial charge in [-0.05, 0) is 75.0 Å². The lowest BCUT2D eigenvalue weighted by Crippen LogP contribution is -1.94. The predicted octanol–water partition coefficient (Wildman–Crippen LogP) is 10.7. The van der Waals surface area contributed by atoms with Crippen LogP contribution >= 0.6 is 0 Å². The molecule has 0 unspecified atom stereocenters. The Morgan fingerprint density at radius 3 is 1.48 bits per heavy atom. The summed E-state index contributed by atoms with van der Waals surface area (Å²) in [4.78, 5) is 0. The zero-order valence-electron chi connectivity index (χ0n) is 22.3. The van der Waals surface area contributed by atoms with Gasteiger partial charge >= 0.3 is 0 Å². The fourth-order valence-electron chi connectivity index (χ4n) is 6.50. The number of fused-ring (bicyclic) bond motifs is 5. The summed E-state index contributed by atoms with van der Waals surface area (Å²) >= 11 is 0. The van der Waals surface area contributed by atoms with Crippen molar-refractivity contribution in [1.29, 1.82) is 0 Å². The Labute approximate surface area is 233 Å². The van der Waals surface area contributed by atoms with Gasteiger partial charge in [0.25, 0.3) is 0 Å². The van der Waals surface area contributed by atoms with E-state index >= 15 is 0 Å². The van der Waals surface area contributed by atoms with Gasteiger partial charge in [-0.3, -0.25) is 0 Å². The lowest BCUT2D eigenvalue weighted by atomic mass is 9.85. The monoisotopic (exact) mass is 509 g/mol. The number of rotatable bonds is 3. The molecular weight excluding hydrogens is 482 g/mol. The molecule has 0 saturated carbocycles. The number of aromatic nitrogens is 1. The average molecular weight is 510 g/mol. The van der Waals surface area contributed by atoms with Crippen molar-refractivity contribution in [2.75, 3.05) is 0 Å². The first-order chi connectivity index (χ1) is 19.8. The van der Waals surface area contributed by atoms with Crippen LogP contribution in [-0.4, -0.2) is 4.57 Å². The number of hydrogen-bond donors (Lipinski definition) is 0. The first-order valence-electron chi connectivity index (χ1n) is 13.9. The van der Waals surface area contributed by atoms with Gasteiger partial charge in [0.1, 0.15) is 0 Å². The molecule has 0 spiro atoms. The lowest BCUT2D eigenvalue weighted by molar-refractivity contribution is 1.18. The fourth-order valence-corrected chi connectivity index (χ4v) is 6.50. The number of hydrogen-bond acceptors (Lipinski definition) is 0. The smallest absolute Gasteiger partial charge is 0.0541 e. The molecule has 0 saturated heterocycles. The van der Waals surface area contributed by atoms with Gasteiger partial charge in [-0.15, -0.1) is 0 Å². The van der Waals surface area contributed by atoms with Crippen molar-refractivity contribution in [2.24, 2.45) is 0 Å². The molecule has 40 heavy (non-hydrogen) atoms. The van der Waals surface area contributed by atoms with Crippen LogP contribution in [0.15, 0.2) is 146 Å². The molecule has 8 aromatic rings. The van der Waals surface area contributed by atoms with Gasteiger partial charge in [0, 0.05) is 16.5 Å². The Hall–Kier alpha value is -5.14. The highest BCUT2D eigenvalue weighted by Gasteiger charge is 2.17. The quantitative estimate of drug-likeness (QED) is 0.209. The van der Waals surface area contributed by atoms with Gasteiger partial charge in [0.15, 0.2) is 0 Å². The van der Waals surface area contributed by atoms with Crippen LogP contribution in [0.4, 0.5) is 0 Å². The van der Waals surface area contributed by atoms with Crippen molar-refractivity contribution < 1.29 is 0 Å². The molecule has 1 heteroatoms. The molecule has 0 bridgehead atoms. The van der Waals surface area contributed by atoms with Crippen LogP contribution in [0.5, 0.6) is 0 Å². The molecular formula is C39H27N. The highest BCUT2D eigenvalue weighted by molar-refractivity contribution is 6.21. The molecule has 0 N–H and O–H groups in total. The largest absolute Gasteiger partial charge is 0.309 e. The highest BCUT2D eigenvalue weighted by Crippen LogP contribution is 2.44. The van der Waals surface area contributed by atoms with Crippen molar-refractivity contribution in [3.63, 3.8) is 0 Å². The SMILES string of the molecule is Cc1ccc2c(-c3ccc(-n4c5ccccc5c5ccccc54)cc3)c3ccccc3c(-c3ccccc3)c2c1. The molecule has 0 aliphatic heterocycles. The lowest BCUT2D eigenvalue weighted by Gasteiger charge is -2.18. The summed E-state index contributed by atoms with van der Waals surface area (Å²) in [7, 11) is 0. The van der Waals surface area contributed by atoms with Crippen molar-refractivity contribution in [3.8, 4) is 27.9 Å². The summed E-state index contributed by atoms with van der Waals surface area (Å²) in [5.74, 6) is 0. The van der Waals surface area contributed by atoms with E-state index in [-0.39, 0.29) is 0 Å². The zero-order valence-corrected chi connectivity index (χ0v) is 22.3. The van der Waals surface area contributed by atoms with E-state index in [1.165, 1.54) is 76.9 Å². The molecule has 0 amide bonds. The first-order valence-corrected chi connectivity index (χ1v) is 13.9. The Kier molecular flexibility index (Phi) is 5.11. The van der Waals surface area contributed by atoms with E-state index in [9.17, 15) is 0 Å². The van der Waals surface area contributed by atoms with Gasteiger partial charge in [-0.2, -0.15) is 0 Å². The second-order valence-electron chi connectivity index (χ2n) is 10.6. The third-order valence-corrected chi connectivity index (χ3v) is 8.24. The predicted molar refractivity (Wildman–Crippen MR) is 171 cm³/mol.